The Kier molecular flexibility index (Phi) is 5.98. The second kappa shape index (κ2) is 7.78. The first-order valence-corrected chi connectivity index (χ1v) is 9.98. The predicted molar refractivity (Wildman–Crippen MR) is 98.4 cm³/mol. The van der Waals surface area contributed by atoms with E-state index in [1.807, 2.05) is 17.5 Å². The average Bonchev–Trinajstić information content (AvgIpc) is 3.00. The Morgan fingerprint density at radius 3 is 2.75 bits per heavy atom. The van der Waals surface area contributed by atoms with Gasteiger partial charge in [-0.05, 0) is 36.1 Å². The first-order valence-electron chi connectivity index (χ1n) is 6.87. The highest BCUT2D eigenvalue weighted by atomic mass is 35.5. The van der Waals surface area contributed by atoms with Gasteiger partial charge in [-0.15, -0.1) is 11.3 Å². The molecule has 1 aromatic carbocycles. The molecule has 6 nitrogen and oxygen atoms in total. The summed E-state index contributed by atoms with van der Waals surface area (Å²) in [5, 5.41) is 6.13. The van der Waals surface area contributed by atoms with Crippen molar-refractivity contribution in [1.82, 2.24) is 5.43 Å². The molecular formula is C15H16ClN3O3S2. The highest BCUT2D eigenvalue weighted by molar-refractivity contribution is 7.92. The number of carbonyl (C=O) groups excluding carboxylic acids is 1. The quantitative estimate of drug-likeness (QED) is 0.613. The summed E-state index contributed by atoms with van der Waals surface area (Å²) in [6.45, 7) is 1.31. The van der Waals surface area contributed by atoms with Crippen LogP contribution in [0.1, 0.15) is 10.4 Å². The van der Waals surface area contributed by atoms with Crippen LogP contribution in [-0.2, 0) is 14.8 Å². The topological polar surface area (TPSA) is 78.8 Å². The summed E-state index contributed by atoms with van der Waals surface area (Å²) in [7, 11) is -3.66. The van der Waals surface area contributed by atoms with Crippen LogP contribution in [0.5, 0.6) is 0 Å². The van der Waals surface area contributed by atoms with Crippen LogP contribution in [-0.4, -0.2) is 33.3 Å². The van der Waals surface area contributed by atoms with Crippen molar-refractivity contribution in [3.05, 3.63) is 51.2 Å². The van der Waals surface area contributed by atoms with E-state index < -0.39 is 15.9 Å². The summed E-state index contributed by atoms with van der Waals surface area (Å²) < 4.78 is 25.1. The third-order valence-electron chi connectivity index (χ3n) is 3.12. The van der Waals surface area contributed by atoms with E-state index in [2.05, 4.69) is 10.5 Å². The molecule has 0 aliphatic carbocycles. The fourth-order valence-electron chi connectivity index (χ4n) is 1.95. The maximum Gasteiger partial charge on any atom is 0.260 e. The third-order valence-corrected chi connectivity index (χ3v) is 5.46. The first kappa shape index (κ1) is 18.4. The number of anilines is 1. The summed E-state index contributed by atoms with van der Waals surface area (Å²) in [5.41, 5.74) is 3.27. The lowest BCUT2D eigenvalue weighted by Crippen LogP contribution is -2.39. The van der Waals surface area contributed by atoms with Crippen LogP contribution in [0.15, 0.2) is 40.8 Å². The summed E-state index contributed by atoms with van der Waals surface area (Å²) >= 11 is 7.51. The lowest BCUT2D eigenvalue weighted by Gasteiger charge is -2.23. The van der Waals surface area contributed by atoms with E-state index in [1.165, 1.54) is 17.6 Å². The van der Waals surface area contributed by atoms with E-state index in [1.54, 1.807) is 25.1 Å². The van der Waals surface area contributed by atoms with Gasteiger partial charge in [0.25, 0.3) is 5.91 Å². The largest absolute Gasteiger partial charge is 0.271 e. The number of hydrazone groups is 1. The highest BCUT2D eigenvalue weighted by Crippen LogP contribution is 2.27. The molecule has 0 bridgehead atoms. The highest BCUT2D eigenvalue weighted by Gasteiger charge is 2.22. The van der Waals surface area contributed by atoms with Crippen molar-refractivity contribution in [1.29, 1.82) is 0 Å². The Bertz CT molecular complexity index is 849. The molecule has 2 aromatic rings. The maximum atomic E-state index is 12.1. The molecule has 0 saturated heterocycles. The summed E-state index contributed by atoms with van der Waals surface area (Å²) in [4.78, 5) is 12.9. The maximum absolute atomic E-state index is 12.1. The number of hydrogen-bond acceptors (Lipinski definition) is 5. The number of hydrogen-bond donors (Lipinski definition) is 1. The molecule has 128 valence electrons. The zero-order valence-corrected chi connectivity index (χ0v) is 15.5. The number of halogens is 1. The molecule has 9 heteroatoms. The minimum Gasteiger partial charge on any atom is -0.271 e. The SMILES string of the molecule is Cc1c(Cl)cccc1N(CC(=O)N/N=C\c1cccs1)S(C)(=O)=O. The molecule has 1 N–H and O–H groups in total. The molecule has 0 saturated carbocycles. The van der Waals surface area contributed by atoms with Crippen LogP contribution in [0.25, 0.3) is 0 Å². The minimum atomic E-state index is -3.66. The van der Waals surface area contributed by atoms with Crippen molar-refractivity contribution in [2.75, 3.05) is 17.1 Å². The molecule has 2 rings (SSSR count). The summed E-state index contributed by atoms with van der Waals surface area (Å²) in [5.74, 6) is -0.549. The van der Waals surface area contributed by atoms with Gasteiger partial charge in [0.05, 0.1) is 18.2 Å². The number of nitrogens with zero attached hydrogens (tertiary/aromatic N) is 2. The van der Waals surface area contributed by atoms with Crippen molar-refractivity contribution in [2.24, 2.45) is 5.10 Å². The average molecular weight is 386 g/mol. The van der Waals surface area contributed by atoms with Crippen molar-refractivity contribution < 1.29 is 13.2 Å². The molecule has 1 heterocycles. The second-order valence-electron chi connectivity index (χ2n) is 4.96. The fraction of sp³-hybridized carbons (Fsp3) is 0.200. The summed E-state index contributed by atoms with van der Waals surface area (Å²) in [6.07, 6.45) is 2.54. The molecule has 0 radical (unpaired) electrons. The van der Waals surface area contributed by atoms with Crippen LogP contribution in [0.2, 0.25) is 5.02 Å². The second-order valence-corrected chi connectivity index (χ2v) is 8.26. The number of benzene rings is 1. The molecule has 0 atom stereocenters. The van der Waals surface area contributed by atoms with Crippen molar-refractivity contribution >= 4 is 50.8 Å². The van der Waals surface area contributed by atoms with Crippen molar-refractivity contribution in [2.45, 2.75) is 6.92 Å². The molecule has 0 spiro atoms. The third kappa shape index (κ3) is 4.80. The van der Waals surface area contributed by atoms with Gasteiger partial charge in [0.15, 0.2) is 0 Å². The number of rotatable bonds is 6. The van der Waals surface area contributed by atoms with E-state index in [-0.39, 0.29) is 6.54 Å². The molecule has 1 aromatic heterocycles. The fourth-order valence-corrected chi connectivity index (χ4v) is 3.61. The molecule has 1 amide bonds. The van der Waals surface area contributed by atoms with Crippen LogP contribution in [0.4, 0.5) is 5.69 Å². The van der Waals surface area contributed by atoms with Crippen molar-refractivity contribution in [3.8, 4) is 0 Å². The minimum absolute atomic E-state index is 0.363. The van der Waals surface area contributed by atoms with Gasteiger partial charge in [-0.2, -0.15) is 5.10 Å². The van der Waals surface area contributed by atoms with Gasteiger partial charge in [0, 0.05) is 9.90 Å². The zero-order valence-electron chi connectivity index (χ0n) is 13.1. The molecule has 0 fully saturated rings. The van der Waals surface area contributed by atoms with E-state index >= 15 is 0 Å². The molecule has 24 heavy (non-hydrogen) atoms. The first-order chi connectivity index (χ1) is 11.3. The van der Waals surface area contributed by atoms with Crippen LogP contribution >= 0.6 is 22.9 Å². The Morgan fingerprint density at radius 2 is 2.12 bits per heavy atom. The van der Waals surface area contributed by atoms with Crippen LogP contribution < -0.4 is 9.73 Å². The van der Waals surface area contributed by atoms with Crippen molar-refractivity contribution in [3.63, 3.8) is 0 Å². The standard InChI is InChI=1S/C15H16ClN3O3S2/c1-11-13(16)6-3-7-14(11)19(24(2,21)22)10-15(20)18-17-9-12-5-4-8-23-12/h3-9H,10H2,1-2H3,(H,18,20)/b17-9-. The molecular weight excluding hydrogens is 370 g/mol. The van der Waals surface area contributed by atoms with Gasteiger partial charge >= 0.3 is 0 Å². The van der Waals surface area contributed by atoms with Gasteiger partial charge in [-0.1, -0.05) is 23.7 Å². The zero-order chi connectivity index (χ0) is 17.7. The van der Waals surface area contributed by atoms with Gasteiger partial charge in [0.1, 0.15) is 6.54 Å². The van der Waals surface area contributed by atoms with Gasteiger partial charge in [-0.3, -0.25) is 9.10 Å². The predicted octanol–water partition coefficient (Wildman–Crippen LogP) is 2.63. The number of nitrogens with one attached hydrogen (secondary N) is 1. The number of thiophene rings is 1. The monoisotopic (exact) mass is 385 g/mol. The Hall–Kier alpha value is -1.90. The molecule has 0 aliphatic rings. The lowest BCUT2D eigenvalue weighted by atomic mass is 10.2. The lowest BCUT2D eigenvalue weighted by molar-refractivity contribution is -0.119. The normalized spacial score (nSPS) is 11.6. The Labute approximate surface area is 149 Å². The Balaban J connectivity index is 2.15. The van der Waals surface area contributed by atoms with Crippen LogP contribution in [0, 0.1) is 6.92 Å². The van der Waals surface area contributed by atoms with E-state index in [0.29, 0.717) is 16.3 Å². The summed E-state index contributed by atoms with van der Waals surface area (Å²) in [6, 6.07) is 8.60. The number of carbonyl (C=O) groups is 1. The Morgan fingerprint density at radius 1 is 1.38 bits per heavy atom. The smallest absolute Gasteiger partial charge is 0.260 e. The number of amides is 1. The van der Waals surface area contributed by atoms with E-state index in [9.17, 15) is 13.2 Å². The van der Waals surface area contributed by atoms with E-state index in [4.69, 9.17) is 11.6 Å². The molecule has 0 aliphatic heterocycles. The van der Waals surface area contributed by atoms with Crippen LogP contribution in [0.3, 0.4) is 0 Å². The van der Waals surface area contributed by atoms with E-state index in [0.717, 1.165) is 15.4 Å². The van der Waals surface area contributed by atoms with Gasteiger partial charge < -0.3 is 0 Å². The molecule has 0 unspecified atom stereocenters. The van der Waals surface area contributed by atoms with Gasteiger partial charge in [0.2, 0.25) is 10.0 Å². The number of sulfonamides is 1. The van der Waals surface area contributed by atoms with Gasteiger partial charge in [-0.25, -0.2) is 13.8 Å².